The molecular formula is C28H27N5O3S. The summed E-state index contributed by atoms with van der Waals surface area (Å²) in [6.07, 6.45) is 5.14. The van der Waals surface area contributed by atoms with Crippen LogP contribution in [0, 0.1) is 11.3 Å². The summed E-state index contributed by atoms with van der Waals surface area (Å²) in [5, 5.41) is 13.3. The molecule has 2 N–H and O–H groups in total. The van der Waals surface area contributed by atoms with E-state index in [1.165, 1.54) is 0 Å². The van der Waals surface area contributed by atoms with Crippen molar-refractivity contribution >= 4 is 35.0 Å². The van der Waals surface area contributed by atoms with Gasteiger partial charge >= 0.3 is 0 Å². The fraction of sp³-hybridized carbons (Fsp3) is 0.179. The van der Waals surface area contributed by atoms with Crippen LogP contribution in [0.3, 0.4) is 0 Å². The monoisotopic (exact) mass is 513 g/mol. The van der Waals surface area contributed by atoms with Gasteiger partial charge < -0.3 is 19.8 Å². The number of carbonyl (C=O) groups excluding carboxylic acids is 1. The molecule has 0 fully saturated rings. The predicted octanol–water partition coefficient (Wildman–Crippen LogP) is 5.04. The molecule has 188 valence electrons. The number of nitriles is 1. The number of hydrogen-bond donors (Lipinski definition) is 2. The molecule has 2 heterocycles. The lowest BCUT2D eigenvalue weighted by atomic mass is 10.0. The van der Waals surface area contributed by atoms with Gasteiger partial charge in [-0.1, -0.05) is 18.2 Å². The first-order chi connectivity index (χ1) is 17.9. The van der Waals surface area contributed by atoms with E-state index in [0.29, 0.717) is 22.7 Å². The van der Waals surface area contributed by atoms with Crippen molar-refractivity contribution in [2.45, 2.75) is 11.4 Å². The minimum Gasteiger partial charge on any atom is -0.493 e. The molecule has 9 heteroatoms. The van der Waals surface area contributed by atoms with Crippen molar-refractivity contribution < 1.29 is 14.3 Å². The fourth-order valence-corrected chi connectivity index (χ4v) is 4.56. The Balaban J connectivity index is 1.56. The average Bonchev–Trinajstić information content (AvgIpc) is 3.31. The minimum absolute atomic E-state index is 0.00356. The van der Waals surface area contributed by atoms with E-state index in [4.69, 9.17) is 9.47 Å². The standard InChI is InChI=1S/C28H27N5O3S/c1-33(2)37-23-7-5-6-19(12-23)21-13-24-22(17-31-27(24)30-16-21)11-20(14-29)28(34)32-15-18-8-9-25(35-3)26(10-18)36-4/h5-13,16-17H,15H2,1-4H3,(H,30,31)(H,32,34)/b20-11+. The Hall–Kier alpha value is -4.26. The summed E-state index contributed by atoms with van der Waals surface area (Å²) in [5.41, 5.74) is 4.18. The second-order valence-electron chi connectivity index (χ2n) is 8.34. The first kappa shape index (κ1) is 25.8. The maximum absolute atomic E-state index is 12.8. The molecular weight excluding hydrogens is 486 g/mol. The van der Waals surface area contributed by atoms with Gasteiger partial charge in [0.25, 0.3) is 5.91 Å². The Bertz CT molecular complexity index is 1500. The zero-order valence-electron chi connectivity index (χ0n) is 21.0. The van der Waals surface area contributed by atoms with Gasteiger partial charge in [0.05, 0.1) is 14.2 Å². The van der Waals surface area contributed by atoms with E-state index in [0.717, 1.165) is 27.0 Å². The molecule has 0 aliphatic heterocycles. The minimum atomic E-state index is -0.468. The van der Waals surface area contributed by atoms with Crippen molar-refractivity contribution in [3.8, 4) is 28.7 Å². The summed E-state index contributed by atoms with van der Waals surface area (Å²) in [7, 11) is 7.12. The molecule has 4 aromatic rings. The first-order valence-electron chi connectivity index (χ1n) is 11.5. The zero-order valence-corrected chi connectivity index (χ0v) is 21.8. The van der Waals surface area contributed by atoms with E-state index in [9.17, 15) is 10.1 Å². The predicted molar refractivity (Wildman–Crippen MR) is 146 cm³/mol. The summed E-state index contributed by atoms with van der Waals surface area (Å²) in [6.45, 7) is 0.235. The second kappa shape index (κ2) is 11.6. The molecule has 1 amide bonds. The van der Waals surface area contributed by atoms with Gasteiger partial charge in [0.15, 0.2) is 11.5 Å². The summed E-state index contributed by atoms with van der Waals surface area (Å²) < 4.78 is 12.6. The number of methoxy groups -OCH3 is 2. The van der Waals surface area contributed by atoms with Crippen molar-refractivity contribution in [3.05, 3.63) is 77.6 Å². The van der Waals surface area contributed by atoms with Gasteiger partial charge in [-0.15, -0.1) is 0 Å². The van der Waals surface area contributed by atoms with Crippen molar-refractivity contribution in [3.63, 3.8) is 0 Å². The number of benzene rings is 2. The van der Waals surface area contributed by atoms with Crippen molar-refractivity contribution in [1.29, 1.82) is 5.26 Å². The van der Waals surface area contributed by atoms with Crippen LogP contribution in [0.5, 0.6) is 11.5 Å². The van der Waals surface area contributed by atoms with Crippen LogP contribution in [0.15, 0.2) is 71.4 Å². The number of pyridine rings is 1. The van der Waals surface area contributed by atoms with E-state index in [-0.39, 0.29) is 12.1 Å². The van der Waals surface area contributed by atoms with Crippen LogP contribution in [0.4, 0.5) is 0 Å². The summed E-state index contributed by atoms with van der Waals surface area (Å²) in [6, 6.07) is 17.6. The zero-order chi connectivity index (χ0) is 26.4. The SMILES string of the molecule is COc1ccc(CNC(=O)/C(C#N)=C/c2c[nH]c3ncc(-c4cccc(SN(C)C)c4)cc23)cc1OC. The van der Waals surface area contributed by atoms with E-state index >= 15 is 0 Å². The Labute approximate surface area is 220 Å². The van der Waals surface area contributed by atoms with E-state index < -0.39 is 5.91 Å². The Morgan fingerprint density at radius 1 is 1.14 bits per heavy atom. The molecule has 2 aromatic carbocycles. The van der Waals surface area contributed by atoms with Gasteiger partial charge in [0.1, 0.15) is 17.3 Å². The molecule has 0 unspecified atom stereocenters. The van der Waals surface area contributed by atoms with Crippen molar-refractivity contribution in [2.75, 3.05) is 28.3 Å². The van der Waals surface area contributed by atoms with Crippen LogP contribution in [0.2, 0.25) is 0 Å². The molecule has 0 atom stereocenters. The number of nitrogens with one attached hydrogen (secondary N) is 2. The fourth-order valence-electron chi connectivity index (χ4n) is 3.82. The number of fused-ring (bicyclic) bond motifs is 1. The molecule has 0 saturated carbocycles. The number of H-pyrrole nitrogens is 1. The van der Waals surface area contributed by atoms with Crippen LogP contribution in [0.1, 0.15) is 11.1 Å². The molecule has 0 spiro atoms. The van der Waals surface area contributed by atoms with Crippen molar-refractivity contribution in [2.24, 2.45) is 0 Å². The Morgan fingerprint density at radius 2 is 1.95 bits per heavy atom. The van der Waals surface area contributed by atoms with E-state index in [1.54, 1.807) is 50.6 Å². The maximum Gasteiger partial charge on any atom is 0.262 e. The van der Waals surface area contributed by atoms with Gasteiger partial charge in [-0.3, -0.25) is 9.10 Å². The highest BCUT2D eigenvalue weighted by molar-refractivity contribution is 7.97. The number of carbonyl (C=O) groups is 1. The lowest BCUT2D eigenvalue weighted by Gasteiger charge is -2.10. The molecule has 0 radical (unpaired) electrons. The summed E-state index contributed by atoms with van der Waals surface area (Å²) in [4.78, 5) is 21.6. The van der Waals surface area contributed by atoms with E-state index in [2.05, 4.69) is 27.4 Å². The molecule has 37 heavy (non-hydrogen) atoms. The average molecular weight is 514 g/mol. The highest BCUT2D eigenvalue weighted by Crippen LogP contribution is 2.30. The number of hydrogen-bond acceptors (Lipinski definition) is 7. The number of aromatic amines is 1. The van der Waals surface area contributed by atoms with Crippen LogP contribution < -0.4 is 14.8 Å². The van der Waals surface area contributed by atoms with Gasteiger partial charge in [0.2, 0.25) is 0 Å². The lowest BCUT2D eigenvalue weighted by Crippen LogP contribution is -2.24. The van der Waals surface area contributed by atoms with Crippen molar-refractivity contribution in [1.82, 2.24) is 19.6 Å². The Morgan fingerprint density at radius 3 is 2.68 bits per heavy atom. The largest absolute Gasteiger partial charge is 0.493 e. The third-order valence-electron chi connectivity index (χ3n) is 5.58. The lowest BCUT2D eigenvalue weighted by molar-refractivity contribution is -0.117. The summed E-state index contributed by atoms with van der Waals surface area (Å²) in [5.74, 6) is 0.702. The number of aromatic nitrogens is 2. The quantitative estimate of drug-likeness (QED) is 0.184. The van der Waals surface area contributed by atoms with E-state index in [1.807, 2.05) is 54.9 Å². The number of rotatable bonds is 9. The van der Waals surface area contributed by atoms with Gasteiger partial charge in [-0.05, 0) is 73.6 Å². The number of nitrogens with zero attached hydrogens (tertiary/aromatic N) is 3. The molecule has 0 aliphatic carbocycles. The highest BCUT2D eigenvalue weighted by Gasteiger charge is 2.13. The molecule has 0 bridgehead atoms. The van der Waals surface area contributed by atoms with Crippen LogP contribution in [-0.2, 0) is 11.3 Å². The smallest absolute Gasteiger partial charge is 0.262 e. The molecule has 2 aromatic heterocycles. The molecule has 8 nitrogen and oxygen atoms in total. The maximum atomic E-state index is 12.8. The Kier molecular flexibility index (Phi) is 8.13. The van der Waals surface area contributed by atoms with Crippen LogP contribution in [0.25, 0.3) is 28.2 Å². The third-order valence-corrected chi connectivity index (χ3v) is 6.41. The summed E-state index contributed by atoms with van der Waals surface area (Å²) >= 11 is 1.64. The number of amides is 1. The molecule has 0 aliphatic rings. The van der Waals surface area contributed by atoms with Gasteiger partial charge in [-0.2, -0.15) is 5.26 Å². The normalized spacial score (nSPS) is 11.4. The highest BCUT2D eigenvalue weighted by atomic mass is 32.2. The third kappa shape index (κ3) is 6.12. The van der Waals surface area contributed by atoms with Crippen LogP contribution in [-0.4, -0.2) is 48.5 Å². The molecule has 4 rings (SSSR count). The second-order valence-corrected chi connectivity index (χ2v) is 9.72. The van der Waals surface area contributed by atoms with Gasteiger partial charge in [-0.25, -0.2) is 4.98 Å². The molecule has 0 saturated heterocycles. The van der Waals surface area contributed by atoms with Gasteiger partial charge in [0, 0.05) is 40.3 Å². The first-order valence-corrected chi connectivity index (χ1v) is 12.2. The topological polar surface area (TPSA) is 103 Å². The number of ether oxygens (including phenoxy) is 2. The van der Waals surface area contributed by atoms with Crippen LogP contribution >= 0.6 is 11.9 Å².